The van der Waals surface area contributed by atoms with Crippen molar-refractivity contribution in [1.82, 2.24) is 0 Å². The first-order chi connectivity index (χ1) is 4.12. The molecule has 0 saturated heterocycles. The molecule has 54 valence electrons. The Kier molecular flexibility index (Phi) is 3.39. The van der Waals surface area contributed by atoms with Gasteiger partial charge in [-0.25, -0.2) is 0 Å². The molecule has 0 aromatic rings. The van der Waals surface area contributed by atoms with Crippen LogP contribution in [-0.4, -0.2) is 19.6 Å². The van der Waals surface area contributed by atoms with Crippen LogP contribution in [0, 0.1) is 0 Å². The molecule has 3 heteroatoms. The molecule has 0 aromatic heterocycles. The van der Waals surface area contributed by atoms with Crippen LogP contribution in [0.15, 0.2) is 12.2 Å². The molecule has 0 atom stereocenters. The molecule has 0 aliphatic heterocycles. The highest BCUT2D eigenvalue weighted by molar-refractivity contribution is 4.92. The van der Waals surface area contributed by atoms with E-state index in [4.69, 9.17) is 0 Å². The first-order valence-corrected chi connectivity index (χ1v) is 2.63. The highest BCUT2D eigenvalue weighted by atomic mass is 19.3. The Bertz CT molecular complexity index is 99.2. The highest BCUT2D eigenvalue weighted by Crippen LogP contribution is 2.14. The van der Waals surface area contributed by atoms with Gasteiger partial charge in [0.2, 0.25) is 0 Å². The van der Waals surface area contributed by atoms with Gasteiger partial charge in [0.15, 0.2) is 0 Å². The molecule has 0 radical (unpaired) electrons. The maximum Gasteiger partial charge on any atom is 0.289 e. The first-order valence-electron chi connectivity index (χ1n) is 2.63. The molecule has 1 nitrogen and oxygen atoms in total. The summed E-state index contributed by atoms with van der Waals surface area (Å²) in [5, 5.41) is 0. The maximum absolute atomic E-state index is 12.2. The zero-order valence-electron chi connectivity index (χ0n) is 5.53. The number of halogens is 2. The second-order valence-corrected chi connectivity index (χ2v) is 1.69. The second-order valence-electron chi connectivity index (χ2n) is 1.69. The van der Waals surface area contributed by atoms with Gasteiger partial charge in [0, 0.05) is 7.11 Å². The SMILES string of the molecule is C/C=C/C(F)(F)COC. The molecule has 0 heterocycles. The standard InChI is InChI=1S/C6H10F2O/c1-3-4-6(7,8)5-9-2/h3-4H,5H2,1-2H3/b4-3+. The lowest BCUT2D eigenvalue weighted by Crippen LogP contribution is -2.19. The Labute approximate surface area is 53.3 Å². The van der Waals surface area contributed by atoms with E-state index < -0.39 is 12.5 Å². The number of hydrogen-bond acceptors (Lipinski definition) is 1. The Hall–Kier alpha value is -0.440. The lowest BCUT2D eigenvalue weighted by atomic mass is 10.3. The normalized spacial score (nSPS) is 12.9. The molecular formula is C6H10F2O. The Morgan fingerprint density at radius 1 is 1.56 bits per heavy atom. The van der Waals surface area contributed by atoms with Gasteiger partial charge in [0.05, 0.1) is 0 Å². The van der Waals surface area contributed by atoms with Crippen molar-refractivity contribution in [3.8, 4) is 0 Å². The van der Waals surface area contributed by atoms with Crippen molar-refractivity contribution in [2.24, 2.45) is 0 Å². The fraction of sp³-hybridized carbons (Fsp3) is 0.667. The van der Waals surface area contributed by atoms with Crippen LogP contribution in [0.25, 0.3) is 0 Å². The average molecular weight is 136 g/mol. The summed E-state index contributed by atoms with van der Waals surface area (Å²) in [6.45, 7) is 1.00. The van der Waals surface area contributed by atoms with Crippen LogP contribution >= 0.6 is 0 Å². The molecule has 0 fully saturated rings. The van der Waals surface area contributed by atoms with Crippen molar-refractivity contribution < 1.29 is 13.5 Å². The lowest BCUT2D eigenvalue weighted by molar-refractivity contribution is -0.0232. The van der Waals surface area contributed by atoms with Gasteiger partial charge in [0.1, 0.15) is 6.61 Å². The van der Waals surface area contributed by atoms with E-state index in [0.717, 1.165) is 6.08 Å². The minimum Gasteiger partial charge on any atom is -0.378 e. The quantitative estimate of drug-likeness (QED) is 0.538. The van der Waals surface area contributed by atoms with E-state index >= 15 is 0 Å². The Balaban J connectivity index is 3.70. The molecule has 9 heavy (non-hydrogen) atoms. The molecule has 0 amide bonds. The van der Waals surface area contributed by atoms with Crippen LogP contribution in [-0.2, 0) is 4.74 Å². The zero-order chi connectivity index (χ0) is 7.33. The van der Waals surface area contributed by atoms with Crippen LogP contribution in [0.1, 0.15) is 6.92 Å². The number of methoxy groups -OCH3 is 1. The molecule has 0 N–H and O–H groups in total. The average Bonchev–Trinajstić information content (AvgIpc) is 1.64. The largest absolute Gasteiger partial charge is 0.378 e. The van der Waals surface area contributed by atoms with Gasteiger partial charge in [0.25, 0.3) is 5.92 Å². The maximum atomic E-state index is 12.2. The summed E-state index contributed by atoms with van der Waals surface area (Å²) in [6.07, 6.45) is 2.12. The van der Waals surface area contributed by atoms with E-state index in [2.05, 4.69) is 4.74 Å². The minimum absolute atomic E-state index is 0.544. The molecule has 0 saturated carbocycles. The third-order valence-electron chi connectivity index (χ3n) is 0.747. The van der Waals surface area contributed by atoms with E-state index in [9.17, 15) is 8.78 Å². The van der Waals surface area contributed by atoms with Crippen LogP contribution in [0.4, 0.5) is 8.78 Å². The Morgan fingerprint density at radius 2 is 2.11 bits per heavy atom. The second kappa shape index (κ2) is 3.56. The van der Waals surface area contributed by atoms with Crippen molar-refractivity contribution in [1.29, 1.82) is 0 Å². The monoisotopic (exact) mass is 136 g/mol. The van der Waals surface area contributed by atoms with E-state index in [1.165, 1.54) is 13.2 Å². The van der Waals surface area contributed by atoms with Crippen LogP contribution < -0.4 is 0 Å². The fourth-order valence-corrected chi connectivity index (χ4v) is 0.484. The Morgan fingerprint density at radius 3 is 2.44 bits per heavy atom. The predicted molar refractivity (Wildman–Crippen MR) is 31.6 cm³/mol. The van der Waals surface area contributed by atoms with Gasteiger partial charge in [-0.1, -0.05) is 6.08 Å². The third kappa shape index (κ3) is 4.09. The third-order valence-corrected chi connectivity index (χ3v) is 0.747. The van der Waals surface area contributed by atoms with Gasteiger partial charge < -0.3 is 4.74 Å². The number of ether oxygens (including phenoxy) is 1. The number of rotatable bonds is 3. The topological polar surface area (TPSA) is 9.23 Å². The first kappa shape index (κ1) is 8.56. The fourth-order valence-electron chi connectivity index (χ4n) is 0.484. The summed E-state index contributed by atoms with van der Waals surface area (Å²) in [5.74, 6) is -2.80. The smallest absolute Gasteiger partial charge is 0.289 e. The van der Waals surface area contributed by atoms with Crippen molar-refractivity contribution in [3.05, 3.63) is 12.2 Å². The molecule has 0 rings (SSSR count). The summed E-state index contributed by atoms with van der Waals surface area (Å²) < 4.78 is 28.7. The molecule has 0 bridgehead atoms. The van der Waals surface area contributed by atoms with E-state index in [-0.39, 0.29) is 0 Å². The molecule has 0 aromatic carbocycles. The lowest BCUT2D eigenvalue weighted by Gasteiger charge is -2.08. The van der Waals surface area contributed by atoms with Gasteiger partial charge in [-0.3, -0.25) is 0 Å². The number of hydrogen-bond donors (Lipinski definition) is 0. The van der Waals surface area contributed by atoms with Gasteiger partial charge >= 0.3 is 0 Å². The zero-order valence-corrected chi connectivity index (χ0v) is 5.53. The van der Waals surface area contributed by atoms with Crippen LogP contribution in [0.5, 0.6) is 0 Å². The number of allylic oxidation sites excluding steroid dienone is 1. The summed E-state index contributed by atoms with van der Waals surface area (Å²) in [7, 11) is 1.25. The summed E-state index contributed by atoms with van der Waals surface area (Å²) in [5.41, 5.74) is 0. The summed E-state index contributed by atoms with van der Waals surface area (Å²) in [4.78, 5) is 0. The van der Waals surface area contributed by atoms with Crippen molar-refractivity contribution in [2.75, 3.05) is 13.7 Å². The minimum atomic E-state index is -2.80. The van der Waals surface area contributed by atoms with Gasteiger partial charge in [-0.15, -0.1) is 0 Å². The van der Waals surface area contributed by atoms with E-state index in [1.807, 2.05) is 0 Å². The molecule has 0 unspecified atom stereocenters. The van der Waals surface area contributed by atoms with Gasteiger partial charge in [-0.05, 0) is 13.0 Å². The van der Waals surface area contributed by atoms with Crippen molar-refractivity contribution in [3.63, 3.8) is 0 Å². The van der Waals surface area contributed by atoms with Crippen LogP contribution in [0.2, 0.25) is 0 Å². The van der Waals surface area contributed by atoms with E-state index in [1.54, 1.807) is 6.92 Å². The van der Waals surface area contributed by atoms with Gasteiger partial charge in [-0.2, -0.15) is 8.78 Å². The van der Waals surface area contributed by atoms with Crippen molar-refractivity contribution in [2.45, 2.75) is 12.8 Å². The molecular weight excluding hydrogens is 126 g/mol. The van der Waals surface area contributed by atoms with Crippen LogP contribution in [0.3, 0.4) is 0 Å². The predicted octanol–water partition coefficient (Wildman–Crippen LogP) is 1.84. The van der Waals surface area contributed by atoms with Crippen molar-refractivity contribution >= 4 is 0 Å². The summed E-state index contributed by atoms with van der Waals surface area (Å²) >= 11 is 0. The summed E-state index contributed by atoms with van der Waals surface area (Å²) in [6, 6.07) is 0. The number of alkyl halides is 2. The van der Waals surface area contributed by atoms with E-state index in [0.29, 0.717) is 0 Å². The molecule has 0 aliphatic rings. The molecule has 0 spiro atoms. The highest BCUT2D eigenvalue weighted by Gasteiger charge is 2.23. The molecule has 0 aliphatic carbocycles.